The van der Waals surface area contributed by atoms with E-state index in [1.54, 1.807) is 6.08 Å². The SMILES string of the molecule is CCCCCc1ccc(CCCC[C@H]2CC[C@H](CC/C=C/C#N)CC2)cc1. The van der Waals surface area contributed by atoms with Crippen molar-refractivity contribution in [1.82, 2.24) is 0 Å². The molecule has 0 bridgehead atoms. The van der Waals surface area contributed by atoms with Gasteiger partial charge in [-0.05, 0) is 61.5 Å². The van der Waals surface area contributed by atoms with Gasteiger partial charge in [0.05, 0.1) is 6.07 Å². The summed E-state index contributed by atoms with van der Waals surface area (Å²) in [6.07, 6.45) is 22.3. The maximum absolute atomic E-state index is 8.53. The molecule has 0 radical (unpaired) electrons. The van der Waals surface area contributed by atoms with Gasteiger partial charge in [-0.15, -0.1) is 0 Å². The number of benzene rings is 1. The molecular formula is C26H39N. The second kappa shape index (κ2) is 13.6. The Morgan fingerprint density at radius 3 is 1.96 bits per heavy atom. The second-order valence-corrected chi connectivity index (χ2v) is 8.51. The van der Waals surface area contributed by atoms with Gasteiger partial charge in [0.2, 0.25) is 0 Å². The summed E-state index contributed by atoms with van der Waals surface area (Å²) in [6, 6.07) is 11.5. The lowest BCUT2D eigenvalue weighted by atomic mass is 9.78. The van der Waals surface area contributed by atoms with Crippen LogP contribution in [0.25, 0.3) is 0 Å². The van der Waals surface area contributed by atoms with Crippen LogP contribution in [0.3, 0.4) is 0 Å². The molecule has 0 spiro atoms. The van der Waals surface area contributed by atoms with E-state index in [-0.39, 0.29) is 0 Å². The van der Waals surface area contributed by atoms with Gasteiger partial charge < -0.3 is 0 Å². The summed E-state index contributed by atoms with van der Waals surface area (Å²) in [5, 5.41) is 8.53. The summed E-state index contributed by atoms with van der Waals surface area (Å²) < 4.78 is 0. The molecule has 1 saturated carbocycles. The van der Waals surface area contributed by atoms with Gasteiger partial charge in [-0.25, -0.2) is 0 Å². The molecule has 0 aromatic heterocycles. The summed E-state index contributed by atoms with van der Waals surface area (Å²) in [6.45, 7) is 2.27. The first-order chi connectivity index (χ1) is 13.3. The van der Waals surface area contributed by atoms with Crippen molar-refractivity contribution in [1.29, 1.82) is 5.26 Å². The Morgan fingerprint density at radius 2 is 1.41 bits per heavy atom. The molecular weight excluding hydrogens is 326 g/mol. The third kappa shape index (κ3) is 9.28. The predicted octanol–water partition coefficient (Wildman–Crippen LogP) is 7.80. The fourth-order valence-corrected chi connectivity index (χ4v) is 4.49. The molecule has 1 aromatic rings. The van der Waals surface area contributed by atoms with Crippen LogP contribution in [-0.4, -0.2) is 0 Å². The third-order valence-corrected chi connectivity index (χ3v) is 6.32. The summed E-state index contributed by atoms with van der Waals surface area (Å²) >= 11 is 0. The van der Waals surface area contributed by atoms with Crippen molar-refractivity contribution in [2.24, 2.45) is 11.8 Å². The van der Waals surface area contributed by atoms with Crippen LogP contribution in [0.2, 0.25) is 0 Å². The van der Waals surface area contributed by atoms with Crippen molar-refractivity contribution in [3.05, 3.63) is 47.5 Å². The monoisotopic (exact) mass is 365 g/mol. The Morgan fingerprint density at radius 1 is 0.852 bits per heavy atom. The lowest BCUT2D eigenvalue weighted by Crippen LogP contribution is -2.14. The first kappa shape index (κ1) is 21.7. The van der Waals surface area contributed by atoms with Crippen LogP contribution in [-0.2, 0) is 12.8 Å². The van der Waals surface area contributed by atoms with Crippen LogP contribution in [0, 0.1) is 23.2 Å². The molecule has 1 heteroatoms. The summed E-state index contributed by atoms with van der Waals surface area (Å²) in [5.41, 5.74) is 3.02. The van der Waals surface area contributed by atoms with Gasteiger partial charge in [-0.3, -0.25) is 0 Å². The first-order valence-corrected chi connectivity index (χ1v) is 11.4. The molecule has 0 N–H and O–H groups in total. The molecule has 27 heavy (non-hydrogen) atoms. The smallest absolute Gasteiger partial charge is 0.0908 e. The minimum atomic E-state index is 0.903. The summed E-state index contributed by atoms with van der Waals surface area (Å²) in [4.78, 5) is 0. The van der Waals surface area contributed by atoms with E-state index in [1.165, 1.54) is 94.6 Å². The molecule has 0 atom stereocenters. The van der Waals surface area contributed by atoms with Gasteiger partial charge in [0.15, 0.2) is 0 Å². The summed E-state index contributed by atoms with van der Waals surface area (Å²) in [5.74, 6) is 1.87. The van der Waals surface area contributed by atoms with Gasteiger partial charge in [-0.2, -0.15) is 5.26 Å². The fourth-order valence-electron chi connectivity index (χ4n) is 4.49. The molecule has 0 saturated heterocycles. The minimum absolute atomic E-state index is 0.903. The van der Waals surface area contributed by atoms with Crippen LogP contribution in [0.15, 0.2) is 36.4 Å². The Hall–Kier alpha value is -1.55. The first-order valence-electron chi connectivity index (χ1n) is 11.4. The standard InChI is InChI=1S/C26H39N/c1-2-3-5-10-23-14-18-25(19-15-23)12-7-8-13-26-20-16-24(17-21-26)11-6-4-9-22-27/h4,9,14-15,18-19,24,26H,2-3,5-8,10-13,16-17,20-21H2,1H3/b9-4+/t24-,26-. The Balaban J connectivity index is 1.53. The van der Waals surface area contributed by atoms with Crippen LogP contribution < -0.4 is 0 Å². The normalized spacial score (nSPS) is 20.0. The molecule has 148 valence electrons. The average molecular weight is 366 g/mol. The van der Waals surface area contributed by atoms with E-state index in [0.717, 1.165) is 18.3 Å². The lowest BCUT2D eigenvalue weighted by molar-refractivity contribution is 0.250. The largest absolute Gasteiger partial charge is 0.193 e. The summed E-state index contributed by atoms with van der Waals surface area (Å²) in [7, 11) is 0. The van der Waals surface area contributed by atoms with Gasteiger partial charge in [-0.1, -0.05) is 88.6 Å². The molecule has 1 fully saturated rings. The highest BCUT2D eigenvalue weighted by atomic mass is 14.3. The van der Waals surface area contributed by atoms with Crippen molar-refractivity contribution in [2.45, 2.75) is 96.8 Å². The lowest BCUT2D eigenvalue weighted by Gasteiger charge is -2.28. The van der Waals surface area contributed by atoms with Gasteiger partial charge in [0.1, 0.15) is 0 Å². The van der Waals surface area contributed by atoms with Gasteiger partial charge in [0.25, 0.3) is 0 Å². The zero-order valence-corrected chi connectivity index (χ0v) is 17.5. The number of nitriles is 1. The molecule has 1 aliphatic carbocycles. The quantitative estimate of drug-likeness (QED) is 0.274. The van der Waals surface area contributed by atoms with Crippen LogP contribution >= 0.6 is 0 Å². The highest BCUT2D eigenvalue weighted by molar-refractivity contribution is 5.22. The fraction of sp³-hybridized carbons (Fsp3) is 0.654. The van der Waals surface area contributed by atoms with E-state index in [9.17, 15) is 0 Å². The molecule has 1 aromatic carbocycles. The number of unbranched alkanes of at least 4 members (excludes halogenated alkanes) is 3. The maximum Gasteiger partial charge on any atom is 0.0908 e. The Kier molecular flexibility index (Phi) is 10.9. The zero-order valence-electron chi connectivity index (χ0n) is 17.5. The van der Waals surface area contributed by atoms with Crippen molar-refractivity contribution in [2.75, 3.05) is 0 Å². The topological polar surface area (TPSA) is 23.8 Å². The van der Waals surface area contributed by atoms with Crippen molar-refractivity contribution < 1.29 is 0 Å². The van der Waals surface area contributed by atoms with Crippen molar-refractivity contribution in [3.63, 3.8) is 0 Å². The maximum atomic E-state index is 8.53. The van der Waals surface area contributed by atoms with Gasteiger partial charge >= 0.3 is 0 Å². The molecule has 1 aliphatic rings. The zero-order chi connectivity index (χ0) is 19.2. The van der Waals surface area contributed by atoms with Crippen molar-refractivity contribution >= 4 is 0 Å². The average Bonchev–Trinajstić information content (AvgIpc) is 2.71. The number of aryl methyl sites for hydroxylation is 2. The third-order valence-electron chi connectivity index (χ3n) is 6.32. The van der Waals surface area contributed by atoms with Crippen LogP contribution in [0.4, 0.5) is 0 Å². The molecule has 0 aliphatic heterocycles. The van der Waals surface area contributed by atoms with Crippen LogP contribution in [0.5, 0.6) is 0 Å². The van der Waals surface area contributed by atoms with E-state index in [0.29, 0.717) is 0 Å². The van der Waals surface area contributed by atoms with Crippen molar-refractivity contribution in [3.8, 4) is 6.07 Å². The number of nitrogens with zero attached hydrogens (tertiary/aromatic N) is 1. The van der Waals surface area contributed by atoms with E-state index < -0.39 is 0 Å². The molecule has 0 amide bonds. The van der Waals surface area contributed by atoms with E-state index in [4.69, 9.17) is 5.26 Å². The Bertz CT molecular complexity index is 555. The van der Waals surface area contributed by atoms with E-state index in [2.05, 4.69) is 37.3 Å². The molecule has 0 unspecified atom stereocenters. The van der Waals surface area contributed by atoms with Crippen LogP contribution in [0.1, 0.15) is 95.1 Å². The molecule has 0 heterocycles. The number of hydrogen-bond acceptors (Lipinski definition) is 1. The minimum Gasteiger partial charge on any atom is -0.193 e. The number of allylic oxidation sites excluding steroid dienone is 2. The highest BCUT2D eigenvalue weighted by Gasteiger charge is 2.20. The number of hydrogen-bond donors (Lipinski definition) is 0. The highest BCUT2D eigenvalue weighted by Crippen LogP contribution is 2.34. The van der Waals surface area contributed by atoms with E-state index >= 15 is 0 Å². The van der Waals surface area contributed by atoms with Gasteiger partial charge in [0, 0.05) is 6.08 Å². The van der Waals surface area contributed by atoms with E-state index in [1.807, 2.05) is 6.08 Å². The second-order valence-electron chi connectivity index (χ2n) is 8.51. The Labute approximate surface area is 167 Å². The molecule has 2 rings (SSSR count). The molecule has 1 nitrogen and oxygen atoms in total. The predicted molar refractivity (Wildman–Crippen MR) is 117 cm³/mol. The number of rotatable bonds is 12.